The van der Waals surface area contributed by atoms with Crippen LogP contribution in [0.5, 0.6) is 5.88 Å². The quantitative estimate of drug-likeness (QED) is 0.476. The van der Waals surface area contributed by atoms with Gasteiger partial charge in [0.1, 0.15) is 5.56 Å². The van der Waals surface area contributed by atoms with Gasteiger partial charge >= 0.3 is 5.69 Å². The summed E-state index contributed by atoms with van der Waals surface area (Å²) in [4.78, 5) is 30.8. The van der Waals surface area contributed by atoms with Crippen LogP contribution >= 0.6 is 15.9 Å². The molecule has 3 aromatic rings. The Morgan fingerprint density at radius 1 is 1.13 bits per heavy atom. The average molecular weight is 493 g/mol. The maximum atomic E-state index is 12.4. The summed E-state index contributed by atoms with van der Waals surface area (Å²) in [7, 11) is -3.84. The number of aromatic nitrogens is 2. The molecule has 3 rings (SSSR count). The van der Waals surface area contributed by atoms with Crippen LogP contribution in [0.2, 0.25) is 0 Å². The molecule has 1 heterocycles. The first-order valence-corrected chi connectivity index (χ1v) is 10.9. The Labute approximate surface area is 179 Å². The molecule has 0 fully saturated rings. The lowest BCUT2D eigenvalue weighted by molar-refractivity contribution is 0.430. The molecule has 2 aromatic carbocycles. The molecule has 1 aromatic heterocycles. The lowest BCUT2D eigenvalue weighted by Crippen LogP contribution is -2.31. The molecule has 0 aliphatic heterocycles. The summed E-state index contributed by atoms with van der Waals surface area (Å²) in [5.41, 5.74) is 0.403. The van der Waals surface area contributed by atoms with Crippen molar-refractivity contribution in [3.63, 3.8) is 0 Å². The maximum absolute atomic E-state index is 12.4. The number of hydrogen-bond acceptors (Lipinski definition) is 6. The summed E-state index contributed by atoms with van der Waals surface area (Å²) >= 11 is 3.41. The smallest absolute Gasteiger partial charge is 0.335 e. The fraction of sp³-hybridized carbons (Fsp3) is 0.105. The van der Waals surface area contributed by atoms with Gasteiger partial charge in [-0.3, -0.25) is 14.8 Å². The molecule has 11 heteroatoms. The van der Waals surface area contributed by atoms with E-state index in [1.165, 1.54) is 24.3 Å². The van der Waals surface area contributed by atoms with Crippen molar-refractivity contribution < 1.29 is 13.5 Å². The highest BCUT2D eigenvalue weighted by Crippen LogP contribution is 2.25. The predicted molar refractivity (Wildman–Crippen MR) is 117 cm³/mol. The van der Waals surface area contributed by atoms with Crippen LogP contribution in [-0.4, -0.2) is 29.3 Å². The van der Waals surface area contributed by atoms with Crippen molar-refractivity contribution in [1.82, 2.24) is 9.55 Å². The summed E-state index contributed by atoms with van der Waals surface area (Å²) in [5.74, 6) is -0.571. The third-order valence-corrected chi connectivity index (χ3v) is 6.13. The molecule has 0 spiro atoms. The van der Waals surface area contributed by atoms with Crippen LogP contribution in [0.4, 0.5) is 5.69 Å². The normalized spacial score (nSPS) is 11.9. The lowest BCUT2D eigenvalue weighted by Gasteiger charge is -2.14. The van der Waals surface area contributed by atoms with E-state index in [0.29, 0.717) is 16.9 Å². The highest BCUT2D eigenvalue weighted by molar-refractivity contribution is 9.10. The van der Waals surface area contributed by atoms with E-state index >= 15 is 0 Å². The van der Waals surface area contributed by atoms with Gasteiger partial charge in [0.25, 0.3) is 5.56 Å². The first-order chi connectivity index (χ1) is 14.0. The summed E-state index contributed by atoms with van der Waals surface area (Å²) < 4.78 is 24.5. The number of aromatic amines is 1. The monoisotopic (exact) mass is 492 g/mol. The van der Waals surface area contributed by atoms with Gasteiger partial charge in [-0.05, 0) is 61.4 Å². The Kier molecular flexibility index (Phi) is 5.79. The first-order valence-electron chi connectivity index (χ1n) is 8.51. The number of rotatable bonds is 4. The molecule has 0 radical (unpaired) electrons. The lowest BCUT2D eigenvalue weighted by atomic mass is 10.1. The minimum Gasteiger partial charge on any atom is -0.493 e. The highest BCUT2D eigenvalue weighted by atomic mass is 79.9. The molecule has 4 N–H and O–H groups in total. The molecular weight excluding hydrogens is 476 g/mol. The zero-order valence-electron chi connectivity index (χ0n) is 15.9. The first kappa shape index (κ1) is 21.7. The van der Waals surface area contributed by atoms with Crippen LogP contribution in [0.1, 0.15) is 16.7 Å². The third kappa shape index (κ3) is 4.27. The molecule has 0 saturated heterocycles. The number of primary sulfonamides is 1. The van der Waals surface area contributed by atoms with Crippen molar-refractivity contribution in [2.45, 2.75) is 18.7 Å². The van der Waals surface area contributed by atoms with E-state index in [-0.39, 0.29) is 10.5 Å². The molecule has 0 atom stereocenters. The number of sulfonamides is 1. The van der Waals surface area contributed by atoms with Gasteiger partial charge in [-0.25, -0.2) is 22.9 Å². The topological polar surface area (TPSA) is 148 Å². The number of halogens is 1. The van der Waals surface area contributed by atoms with Gasteiger partial charge in [0.15, 0.2) is 0 Å². The van der Waals surface area contributed by atoms with Gasteiger partial charge in [0.2, 0.25) is 15.9 Å². The minimum absolute atomic E-state index is 0.0863. The van der Waals surface area contributed by atoms with E-state index < -0.39 is 27.2 Å². The number of H-pyrrole nitrogens is 1. The Hall–Kier alpha value is -3.02. The number of hydrogen-bond donors (Lipinski definition) is 3. The second-order valence-corrected chi connectivity index (χ2v) is 8.93. The Morgan fingerprint density at radius 2 is 1.77 bits per heavy atom. The molecule has 30 heavy (non-hydrogen) atoms. The van der Waals surface area contributed by atoms with Crippen molar-refractivity contribution in [3.8, 4) is 11.6 Å². The minimum atomic E-state index is -3.84. The Balaban J connectivity index is 2.10. The van der Waals surface area contributed by atoms with Crippen LogP contribution in [0, 0.1) is 13.8 Å². The van der Waals surface area contributed by atoms with Crippen LogP contribution in [-0.2, 0) is 10.0 Å². The molecule has 0 aliphatic carbocycles. The average Bonchev–Trinajstić information content (AvgIpc) is 2.65. The van der Waals surface area contributed by atoms with E-state index in [2.05, 4.69) is 25.9 Å². The summed E-state index contributed by atoms with van der Waals surface area (Å²) in [6.07, 6.45) is 1.09. The van der Waals surface area contributed by atoms with Crippen molar-refractivity contribution in [2.75, 3.05) is 0 Å². The van der Waals surface area contributed by atoms with E-state index in [1.54, 1.807) is 19.1 Å². The fourth-order valence-electron chi connectivity index (χ4n) is 2.75. The van der Waals surface area contributed by atoms with Gasteiger partial charge in [-0.2, -0.15) is 0 Å². The van der Waals surface area contributed by atoms with Gasteiger partial charge in [-0.15, -0.1) is 0 Å². The van der Waals surface area contributed by atoms with E-state index in [9.17, 15) is 23.1 Å². The molecular formula is C19H17BrN4O5S. The number of aryl methyl sites for hydroxylation is 2. The largest absolute Gasteiger partial charge is 0.493 e. The number of aliphatic imine (C=N–C) groups is 1. The summed E-state index contributed by atoms with van der Waals surface area (Å²) in [6, 6.07) is 8.80. The second-order valence-electron chi connectivity index (χ2n) is 6.52. The SMILES string of the molecule is Cc1cc(-n2c(O)c(C=Nc3ccc(S(N)(=O)=O)cc3)c(=O)[nH]c2=O)c(C)cc1Br. The number of aromatic hydroxyl groups is 1. The predicted octanol–water partition coefficient (Wildman–Crippen LogP) is 2.01. The molecule has 9 nitrogen and oxygen atoms in total. The van der Waals surface area contributed by atoms with Crippen molar-refractivity contribution >= 4 is 37.9 Å². The van der Waals surface area contributed by atoms with Crippen LogP contribution in [0.25, 0.3) is 5.69 Å². The molecule has 0 saturated carbocycles. The Bertz CT molecular complexity index is 1390. The molecule has 0 amide bonds. The van der Waals surface area contributed by atoms with E-state index in [1.807, 2.05) is 6.92 Å². The van der Waals surface area contributed by atoms with Crippen LogP contribution in [0.3, 0.4) is 0 Å². The van der Waals surface area contributed by atoms with Crippen molar-refractivity contribution in [1.29, 1.82) is 0 Å². The van der Waals surface area contributed by atoms with Gasteiger partial charge in [-0.1, -0.05) is 15.9 Å². The standard InChI is InChI=1S/C19H17BrN4O5S/c1-10-8-16(11(2)7-15(10)20)24-18(26)14(17(25)23-19(24)27)9-22-12-3-5-13(6-4-12)30(21,28)29/h3-9,26H,1-2H3,(H2,21,28,29)(H,23,25,27). The molecule has 0 bridgehead atoms. The maximum Gasteiger partial charge on any atom is 0.335 e. The fourth-order valence-corrected chi connectivity index (χ4v) is 3.72. The van der Waals surface area contributed by atoms with Gasteiger partial charge < -0.3 is 5.11 Å². The zero-order chi connectivity index (χ0) is 22.2. The van der Waals surface area contributed by atoms with Gasteiger partial charge in [0.05, 0.1) is 16.3 Å². The Morgan fingerprint density at radius 3 is 2.37 bits per heavy atom. The van der Waals surface area contributed by atoms with Crippen LogP contribution < -0.4 is 16.4 Å². The number of nitrogens with zero attached hydrogens (tertiary/aromatic N) is 2. The zero-order valence-corrected chi connectivity index (χ0v) is 18.3. The number of benzene rings is 2. The highest BCUT2D eigenvalue weighted by Gasteiger charge is 2.16. The summed E-state index contributed by atoms with van der Waals surface area (Å²) in [5, 5.41) is 15.7. The van der Waals surface area contributed by atoms with E-state index in [0.717, 1.165) is 20.8 Å². The summed E-state index contributed by atoms with van der Waals surface area (Å²) in [6.45, 7) is 3.59. The second kappa shape index (κ2) is 8.01. The van der Waals surface area contributed by atoms with Gasteiger partial charge in [0, 0.05) is 10.7 Å². The number of nitrogens with two attached hydrogens (primary N) is 1. The van der Waals surface area contributed by atoms with E-state index in [4.69, 9.17) is 5.14 Å². The number of nitrogens with one attached hydrogen (secondary N) is 1. The molecule has 0 aliphatic rings. The molecule has 156 valence electrons. The molecule has 0 unspecified atom stereocenters. The van der Waals surface area contributed by atoms with Crippen molar-refractivity contribution in [3.05, 3.63) is 78.4 Å². The third-order valence-electron chi connectivity index (χ3n) is 4.35. The van der Waals surface area contributed by atoms with Crippen LogP contribution in [0.15, 0.2) is 60.3 Å². The van der Waals surface area contributed by atoms with Crippen molar-refractivity contribution in [2.24, 2.45) is 10.1 Å².